The lowest BCUT2D eigenvalue weighted by Crippen LogP contribution is -2.52. The molecular formula is C15H22N2O. The molecule has 1 aliphatic heterocycles. The van der Waals surface area contributed by atoms with Gasteiger partial charge in [0, 0.05) is 18.8 Å². The zero-order valence-corrected chi connectivity index (χ0v) is 11.4. The van der Waals surface area contributed by atoms with Crippen LogP contribution in [0.5, 0.6) is 0 Å². The smallest absolute Gasteiger partial charge is 0.156 e. The molecule has 0 atom stereocenters. The largest absolute Gasteiger partial charge is 0.297 e. The van der Waals surface area contributed by atoms with Crippen LogP contribution in [0, 0.1) is 0 Å². The van der Waals surface area contributed by atoms with Gasteiger partial charge in [0.05, 0.1) is 5.54 Å². The van der Waals surface area contributed by atoms with E-state index in [0.29, 0.717) is 6.42 Å². The first kappa shape index (κ1) is 13.2. The average molecular weight is 246 g/mol. The number of Topliss-reactive ketones (excluding diaryl/α,β-unsaturated/α-hetero) is 1. The third-order valence-electron chi connectivity index (χ3n) is 3.92. The first-order chi connectivity index (χ1) is 8.60. The predicted molar refractivity (Wildman–Crippen MR) is 72.5 cm³/mol. The molecule has 1 aromatic rings. The van der Waals surface area contributed by atoms with Crippen LogP contribution in [0.25, 0.3) is 0 Å². The highest BCUT2D eigenvalue weighted by atomic mass is 16.1. The van der Waals surface area contributed by atoms with Crippen molar-refractivity contribution in [2.75, 3.05) is 13.1 Å². The lowest BCUT2D eigenvalue weighted by molar-refractivity contribution is -0.129. The maximum Gasteiger partial charge on any atom is 0.156 e. The molecule has 0 aliphatic carbocycles. The minimum absolute atomic E-state index is 0.289. The van der Waals surface area contributed by atoms with Gasteiger partial charge >= 0.3 is 0 Å². The summed E-state index contributed by atoms with van der Waals surface area (Å²) in [6, 6.07) is 3.85. The highest BCUT2D eigenvalue weighted by Crippen LogP contribution is 2.22. The normalized spacial score (nSPS) is 17.7. The predicted octanol–water partition coefficient (Wildman–Crippen LogP) is 2.46. The Balaban J connectivity index is 2.02. The number of hydrogen-bond donors (Lipinski definition) is 0. The van der Waals surface area contributed by atoms with Crippen LogP contribution in [0.4, 0.5) is 0 Å². The van der Waals surface area contributed by atoms with Gasteiger partial charge in [0.2, 0.25) is 0 Å². The molecule has 1 aromatic heterocycles. The summed E-state index contributed by atoms with van der Waals surface area (Å²) in [5.74, 6) is 0.289. The number of nitrogens with zero attached hydrogens (tertiary/aromatic N) is 2. The van der Waals surface area contributed by atoms with Gasteiger partial charge in [-0.05, 0) is 51.4 Å². The quantitative estimate of drug-likeness (QED) is 0.818. The molecule has 0 N–H and O–H groups in total. The van der Waals surface area contributed by atoms with E-state index >= 15 is 0 Å². The van der Waals surface area contributed by atoms with Gasteiger partial charge in [0.15, 0.2) is 5.78 Å². The van der Waals surface area contributed by atoms with Gasteiger partial charge in [-0.1, -0.05) is 12.5 Å². The molecule has 3 heteroatoms. The second-order valence-electron chi connectivity index (χ2n) is 5.57. The summed E-state index contributed by atoms with van der Waals surface area (Å²) < 4.78 is 0. The molecule has 1 saturated heterocycles. The molecule has 0 bridgehead atoms. The molecule has 1 aliphatic rings. The van der Waals surface area contributed by atoms with Crippen LogP contribution in [0.1, 0.15) is 38.7 Å². The molecule has 98 valence electrons. The molecule has 0 radical (unpaired) electrons. The van der Waals surface area contributed by atoms with Crippen LogP contribution in [0.3, 0.4) is 0 Å². The number of ketones is 1. The van der Waals surface area contributed by atoms with Gasteiger partial charge in [-0.25, -0.2) is 0 Å². The van der Waals surface area contributed by atoms with E-state index in [1.54, 1.807) is 12.4 Å². The van der Waals surface area contributed by atoms with Crippen molar-refractivity contribution in [2.45, 2.75) is 45.1 Å². The lowest BCUT2D eigenvalue weighted by atomic mass is 9.90. The summed E-state index contributed by atoms with van der Waals surface area (Å²) >= 11 is 0. The Labute approximate surface area is 109 Å². The number of carbonyl (C=O) groups is 1. The summed E-state index contributed by atoms with van der Waals surface area (Å²) in [5.41, 5.74) is 0.656. The Morgan fingerprint density at radius 2 is 2.06 bits per heavy atom. The maximum absolute atomic E-state index is 12.5. The second-order valence-corrected chi connectivity index (χ2v) is 5.57. The lowest BCUT2D eigenvalue weighted by Gasteiger charge is -2.39. The van der Waals surface area contributed by atoms with Gasteiger partial charge in [0.1, 0.15) is 0 Å². The zero-order valence-electron chi connectivity index (χ0n) is 11.4. The number of piperidine rings is 1. The van der Waals surface area contributed by atoms with Gasteiger partial charge in [0.25, 0.3) is 0 Å². The van der Waals surface area contributed by atoms with Crippen LogP contribution < -0.4 is 0 Å². The average Bonchev–Trinajstić information content (AvgIpc) is 2.41. The zero-order chi connectivity index (χ0) is 13.0. The number of aromatic nitrogens is 1. The van der Waals surface area contributed by atoms with Crippen molar-refractivity contribution in [1.29, 1.82) is 0 Å². The third-order valence-corrected chi connectivity index (χ3v) is 3.92. The van der Waals surface area contributed by atoms with Crippen molar-refractivity contribution in [1.82, 2.24) is 9.88 Å². The molecule has 2 rings (SSSR count). The summed E-state index contributed by atoms with van der Waals surface area (Å²) in [5, 5.41) is 0. The van der Waals surface area contributed by atoms with Gasteiger partial charge in [-0.3, -0.25) is 14.7 Å². The van der Waals surface area contributed by atoms with E-state index in [4.69, 9.17) is 0 Å². The third kappa shape index (κ3) is 2.96. The highest BCUT2D eigenvalue weighted by molar-refractivity contribution is 5.89. The summed E-state index contributed by atoms with van der Waals surface area (Å²) in [6.45, 7) is 6.20. The van der Waals surface area contributed by atoms with Crippen molar-refractivity contribution in [2.24, 2.45) is 0 Å². The van der Waals surface area contributed by atoms with E-state index in [2.05, 4.69) is 23.7 Å². The van der Waals surface area contributed by atoms with Gasteiger partial charge in [-0.2, -0.15) is 0 Å². The molecule has 0 aromatic carbocycles. The topological polar surface area (TPSA) is 33.2 Å². The number of pyridine rings is 1. The molecular weight excluding hydrogens is 224 g/mol. The standard InChI is InChI=1S/C15H22N2O/c1-15(2,17-9-4-3-5-10-17)14(18)11-13-7-6-8-16-12-13/h6-8,12H,3-5,9-11H2,1-2H3. The van der Waals surface area contributed by atoms with E-state index in [-0.39, 0.29) is 11.3 Å². The molecule has 0 saturated carbocycles. The Kier molecular flexibility index (Phi) is 4.12. The Morgan fingerprint density at radius 1 is 1.33 bits per heavy atom. The van der Waals surface area contributed by atoms with Crippen LogP contribution in [0.15, 0.2) is 24.5 Å². The minimum atomic E-state index is -0.351. The Morgan fingerprint density at radius 3 is 2.67 bits per heavy atom. The van der Waals surface area contributed by atoms with E-state index in [1.807, 2.05) is 12.1 Å². The van der Waals surface area contributed by atoms with E-state index in [0.717, 1.165) is 18.7 Å². The highest BCUT2D eigenvalue weighted by Gasteiger charge is 2.34. The summed E-state index contributed by atoms with van der Waals surface area (Å²) in [4.78, 5) is 18.9. The van der Waals surface area contributed by atoms with Gasteiger partial charge in [-0.15, -0.1) is 0 Å². The first-order valence-electron chi connectivity index (χ1n) is 6.78. The fraction of sp³-hybridized carbons (Fsp3) is 0.600. The monoisotopic (exact) mass is 246 g/mol. The first-order valence-corrected chi connectivity index (χ1v) is 6.78. The number of hydrogen-bond acceptors (Lipinski definition) is 3. The SMILES string of the molecule is CC(C)(C(=O)Cc1cccnc1)N1CCCCC1. The molecule has 0 amide bonds. The molecule has 2 heterocycles. The van der Waals surface area contributed by atoms with Crippen molar-refractivity contribution in [3.8, 4) is 0 Å². The Bertz CT molecular complexity index is 394. The van der Waals surface area contributed by atoms with E-state index in [1.165, 1.54) is 19.3 Å². The number of carbonyl (C=O) groups excluding carboxylic acids is 1. The van der Waals surface area contributed by atoms with Crippen molar-refractivity contribution < 1.29 is 4.79 Å². The van der Waals surface area contributed by atoms with Crippen LogP contribution in [0.2, 0.25) is 0 Å². The Hall–Kier alpha value is -1.22. The maximum atomic E-state index is 12.5. The number of likely N-dealkylation sites (tertiary alicyclic amines) is 1. The fourth-order valence-corrected chi connectivity index (χ4v) is 2.53. The molecule has 3 nitrogen and oxygen atoms in total. The number of rotatable bonds is 4. The fourth-order valence-electron chi connectivity index (χ4n) is 2.53. The summed E-state index contributed by atoms with van der Waals surface area (Å²) in [6.07, 6.45) is 7.72. The van der Waals surface area contributed by atoms with Crippen LogP contribution in [-0.2, 0) is 11.2 Å². The summed E-state index contributed by atoms with van der Waals surface area (Å²) in [7, 11) is 0. The van der Waals surface area contributed by atoms with Crippen LogP contribution in [-0.4, -0.2) is 34.3 Å². The van der Waals surface area contributed by atoms with E-state index in [9.17, 15) is 4.79 Å². The van der Waals surface area contributed by atoms with Crippen molar-refractivity contribution in [3.63, 3.8) is 0 Å². The molecule has 0 spiro atoms. The minimum Gasteiger partial charge on any atom is -0.297 e. The van der Waals surface area contributed by atoms with Crippen LogP contribution >= 0.6 is 0 Å². The van der Waals surface area contributed by atoms with Gasteiger partial charge < -0.3 is 0 Å². The second kappa shape index (κ2) is 5.61. The van der Waals surface area contributed by atoms with Crippen molar-refractivity contribution in [3.05, 3.63) is 30.1 Å². The van der Waals surface area contributed by atoms with E-state index < -0.39 is 0 Å². The van der Waals surface area contributed by atoms with Crippen molar-refractivity contribution >= 4 is 5.78 Å². The molecule has 0 unspecified atom stereocenters. The molecule has 18 heavy (non-hydrogen) atoms. The molecule has 1 fully saturated rings.